The summed E-state index contributed by atoms with van der Waals surface area (Å²) in [6.45, 7) is 8.09. The first-order chi connectivity index (χ1) is 12.5. The molecule has 1 aromatic carbocycles. The SMILES string of the molecule is Cc1cccc(CN=C(NCCN2CCOCC2)NCC(=O)N(C)C)c1. The number of carbonyl (C=O) groups excluding carboxylic acids is 1. The van der Waals surface area contributed by atoms with Crippen LogP contribution in [0.3, 0.4) is 0 Å². The quantitative estimate of drug-likeness (QED) is 0.545. The Balaban J connectivity index is 1.88. The van der Waals surface area contributed by atoms with Crippen molar-refractivity contribution < 1.29 is 9.53 Å². The van der Waals surface area contributed by atoms with Gasteiger partial charge in [0.25, 0.3) is 0 Å². The number of hydrogen-bond acceptors (Lipinski definition) is 4. The third-order valence-corrected chi connectivity index (χ3v) is 4.23. The lowest BCUT2D eigenvalue weighted by atomic mass is 10.1. The van der Waals surface area contributed by atoms with Crippen molar-refractivity contribution in [3.8, 4) is 0 Å². The third-order valence-electron chi connectivity index (χ3n) is 4.23. The Labute approximate surface area is 156 Å². The van der Waals surface area contributed by atoms with Crippen molar-refractivity contribution in [2.45, 2.75) is 13.5 Å². The Morgan fingerprint density at radius 2 is 2.04 bits per heavy atom. The van der Waals surface area contributed by atoms with Crippen LogP contribution in [-0.4, -0.2) is 81.7 Å². The van der Waals surface area contributed by atoms with E-state index in [0.717, 1.165) is 45.0 Å². The fourth-order valence-corrected chi connectivity index (χ4v) is 2.63. The summed E-state index contributed by atoms with van der Waals surface area (Å²) in [6, 6.07) is 8.30. The first-order valence-corrected chi connectivity index (χ1v) is 9.12. The summed E-state index contributed by atoms with van der Waals surface area (Å²) in [4.78, 5) is 20.4. The minimum Gasteiger partial charge on any atom is -0.379 e. The van der Waals surface area contributed by atoms with Crippen LogP contribution in [0.25, 0.3) is 0 Å². The molecular weight excluding hydrogens is 330 g/mol. The molecule has 2 rings (SSSR count). The third kappa shape index (κ3) is 7.41. The van der Waals surface area contributed by atoms with Gasteiger partial charge in [-0.1, -0.05) is 29.8 Å². The molecule has 2 N–H and O–H groups in total. The second-order valence-electron chi connectivity index (χ2n) is 6.68. The van der Waals surface area contributed by atoms with E-state index in [4.69, 9.17) is 4.74 Å². The van der Waals surface area contributed by atoms with E-state index in [9.17, 15) is 4.79 Å². The average Bonchev–Trinajstić information content (AvgIpc) is 2.64. The smallest absolute Gasteiger partial charge is 0.241 e. The Kier molecular flexibility index (Phi) is 8.37. The van der Waals surface area contributed by atoms with Crippen LogP contribution < -0.4 is 10.6 Å². The molecule has 1 aromatic rings. The molecule has 0 radical (unpaired) electrons. The Bertz CT molecular complexity index is 597. The molecule has 0 unspecified atom stereocenters. The van der Waals surface area contributed by atoms with E-state index in [2.05, 4.69) is 45.6 Å². The van der Waals surface area contributed by atoms with Crippen molar-refractivity contribution in [3.63, 3.8) is 0 Å². The van der Waals surface area contributed by atoms with Crippen LogP contribution in [0.2, 0.25) is 0 Å². The standard InChI is InChI=1S/C19H31N5O2/c1-16-5-4-6-17(13-16)14-21-19(22-15-18(25)23(2)3)20-7-8-24-9-11-26-12-10-24/h4-6,13H,7-12,14-15H2,1-3H3,(H2,20,21,22). The van der Waals surface area contributed by atoms with Crippen LogP contribution in [-0.2, 0) is 16.1 Å². The molecule has 1 aliphatic heterocycles. The number of aliphatic imine (C=N–C) groups is 1. The zero-order valence-electron chi connectivity index (χ0n) is 16.1. The number of likely N-dealkylation sites (N-methyl/N-ethyl adjacent to an activating group) is 1. The monoisotopic (exact) mass is 361 g/mol. The molecule has 0 aliphatic carbocycles. The van der Waals surface area contributed by atoms with Gasteiger partial charge in [-0.2, -0.15) is 0 Å². The van der Waals surface area contributed by atoms with Gasteiger partial charge in [0.05, 0.1) is 26.3 Å². The molecule has 0 bridgehead atoms. The molecule has 0 atom stereocenters. The number of hydrogen-bond donors (Lipinski definition) is 2. The lowest BCUT2D eigenvalue weighted by Gasteiger charge is -2.26. The molecular formula is C19H31N5O2. The molecule has 26 heavy (non-hydrogen) atoms. The van der Waals surface area contributed by atoms with Crippen molar-refractivity contribution >= 4 is 11.9 Å². The highest BCUT2D eigenvalue weighted by molar-refractivity contribution is 5.86. The maximum absolute atomic E-state index is 11.8. The zero-order valence-corrected chi connectivity index (χ0v) is 16.1. The number of rotatable bonds is 7. The highest BCUT2D eigenvalue weighted by atomic mass is 16.5. The highest BCUT2D eigenvalue weighted by Crippen LogP contribution is 2.05. The molecule has 144 valence electrons. The van der Waals surface area contributed by atoms with Crippen LogP contribution in [0.4, 0.5) is 0 Å². The number of nitrogens with one attached hydrogen (secondary N) is 2. The molecule has 1 fully saturated rings. The number of morpholine rings is 1. The number of amides is 1. The van der Waals surface area contributed by atoms with Gasteiger partial charge in [0.2, 0.25) is 5.91 Å². The van der Waals surface area contributed by atoms with Crippen LogP contribution in [0.15, 0.2) is 29.3 Å². The maximum atomic E-state index is 11.8. The maximum Gasteiger partial charge on any atom is 0.241 e. The van der Waals surface area contributed by atoms with Crippen molar-refractivity contribution in [1.29, 1.82) is 0 Å². The molecule has 7 heteroatoms. The van der Waals surface area contributed by atoms with Gasteiger partial charge in [0.1, 0.15) is 0 Å². The summed E-state index contributed by atoms with van der Waals surface area (Å²) in [6.07, 6.45) is 0. The summed E-state index contributed by atoms with van der Waals surface area (Å²) in [5.74, 6) is 0.679. The number of benzene rings is 1. The lowest BCUT2D eigenvalue weighted by molar-refractivity contribution is -0.127. The Morgan fingerprint density at radius 1 is 1.27 bits per heavy atom. The minimum absolute atomic E-state index is 0.0169. The van der Waals surface area contributed by atoms with Crippen LogP contribution in [0.1, 0.15) is 11.1 Å². The summed E-state index contributed by atoms with van der Waals surface area (Å²) >= 11 is 0. The lowest BCUT2D eigenvalue weighted by Crippen LogP contribution is -2.46. The fourth-order valence-electron chi connectivity index (χ4n) is 2.63. The largest absolute Gasteiger partial charge is 0.379 e. The Morgan fingerprint density at radius 3 is 2.73 bits per heavy atom. The molecule has 0 aromatic heterocycles. The van der Waals surface area contributed by atoms with Crippen molar-refractivity contribution in [2.75, 3.05) is 60.0 Å². The predicted molar refractivity (Wildman–Crippen MR) is 104 cm³/mol. The summed E-state index contributed by atoms with van der Waals surface area (Å²) < 4.78 is 5.37. The van der Waals surface area contributed by atoms with Gasteiger partial charge in [-0.25, -0.2) is 4.99 Å². The van der Waals surface area contributed by atoms with Gasteiger partial charge in [-0.05, 0) is 12.5 Å². The zero-order chi connectivity index (χ0) is 18.8. The van der Waals surface area contributed by atoms with Gasteiger partial charge >= 0.3 is 0 Å². The van der Waals surface area contributed by atoms with Gasteiger partial charge in [0.15, 0.2) is 5.96 Å². The van der Waals surface area contributed by atoms with E-state index in [1.165, 1.54) is 5.56 Å². The predicted octanol–water partition coefficient (Wildman–Crippen LogP) is 0.451. The summed E-state index contributed by atoms with van der Waals surface area (Å²) in [5.41, 5.74) is 2.37. The van der Waals surface area contributed by atoms with Gasteiger partial charge in [0, 0.05) is 40.3 Å². The van der Waals surface area contributed by atoms with Crippen LogP contribution in [0.5, 0.6) is 0 Å². The molecule has 1 amide bonds. The van der Waals surface area contributed by atoms with E-state index in [0.29, 0.717) is 12.5 Å². The molecule has 7 nitrogen and oxygen atoms in total. The number of guanidine groups is 1. The fraction of sp³-hybridized carbons (Fsp3) is 0.579. The van der Waals surface area contributed by atoms with E-state index in [-0.39, 0.29) is 12.5 Å². The molecule has 1 aliphatic rings. The molecule has 1 saturated heterocycles. The Hall–Kier alpha value is -2.12. The number of carbonyl (C=O) groups is 1. The summed E-state index contributed by atoms with van der Waals surface area (Å²) in [7, 11) is 3.50. The van der Waals surface area contributed by atoms with Crippen LogP contribution in [0, 0.1) is 6.92 Å². The highest BCUT2D eigenvalue weighted by Gasteiger charge is 2.10. The number of aryl methyl sites for hydroxylation is 1. The summed E-state index contributed by atoms with van der Waals surface area (Å²) in [5, 5.41) is 6.46. The van der Waals surface area contributed by atoms with Crippen molar-refractivity contribution in [1.82, 2.24) is 20.4 Å². The first-order valence-electron chi connectivity index (χ1n) is 9.12. The van der Waals surface area contributed by atoms with E-state index in [1.54, 1.807) is 19.0 Å². The van der Waals surface area contributed by atoms with Gasteiger partial charge in [-0.15, -0.1) is 0 Å². The van der Waals surface area contributed by atoms with Crippen LogP contribution >= 0.6 is 0 Å². The van der Waals surface area contributed by atoms with Gasteiger partial charge < -0.3 is 20.3 Å². The topological polar surface area (TPSA) is 69.2 Å². The average molecular weight is 361 g/mol. The molecule has 0 saturated carbocycles. The molecule has 0 spiro atoms. The normalized spacial score (nSPS) is 15.6. The minimum atomic E-state index is 0.0169. The molecule has 1 heterocycles. The van der Waals surface area contributed by atoms with E-state index in [1.807, 2.05) is 6.07 Å². The second-order valence-corrected chi connectivity index (χ2v) is 6.68. The number of ether oxygens (including phenoxy) is 1. The van der Waals surface area contributed by atoms with Crippen molar-refractivity contribution in [2.24, 2.45) is 4.99 Å². The van der Waals surface area contributed by atoms with E-state index < -0.39 is 0 Å². The first kappa shape index (κ1) is 20.2. The van der Waals surface area contributed by atoms with E-state index >= 15 is 0 Å². The van der Waals surface area contributed by atoms with Gasteiger partial charge in [-0.3, -0.25) is 9.69 Å². The second kappa shape index (κ2) is 10.8. The van der Waals surface area contributed by atoms with Crippen molar-refractivity contribution in [3.05, 3.63) is 35.4 Å². The number of nitrogens with zero attached hydrogens (tertiary/aromatic N) is 3.